The van der Waals surface area contributed by atoms with E-state index in [4.69, 9.17) is 4.74 Å². The van der Waals surface area contributed by atoms with E-state index in [0.717, 1.165) is 13.1 Å². The number of fused-ring (bicyclic) bond motifs is 5. The van der Waals surface area contributed by atoms with E-state index in [1.165, 1.54) is 5.69 Å². The van der Waals surface area contributed by atoms with Crippen molar-refractivity contribution in [2.45, 2.75) is 18.6 Å². The summed E-state index contributed by atoms with van der Waals surface area (Å²) in [5.74, 6) is 1.35. The highest BCUT2D eigenvalue weighted by atomic mass is 16.5. The lowest BCUT2D eigenvalue weighted by atomic mass is 9.79. The van der Waals surface area contributed by atoms with Gasteiger partial charge in [-0.1, -0.05) is 30.4 Å². The van der Waals surface area contributed by atoms with Gasteiger partial charge in [-0.2, -0.15) is 0 Å². The highest BCUT2D eigenvalue weighted by Crippen LogP contribution is 2.50. The zero-order valence-electron chi connectivity index (χ0n) is 10.0. The summed E-state index contributed by atoms with van der Waals surface area (Å²) in [6.07, 6.45) is 4.89. The molecule has 4 rings (SSSR count). The molecule has 4 unspecified atom stereocenters. The second-order valence-corrected chi connectivity index (χ2v) is 5.64. The van der Waals surface area contributed by atoms with Gasteiger partial charge in [0, 0.05) is 30.6 Å². The Morgan fingerprint density at radius 2 is 2.06 bits per heavy atom. The molecule has 0 amide bonds. The molecule has 1 aromatic rings. The minimum absolute atomic E-state index is 0.00113. The molecular weight excluding hydrogens is 210 g/mol. The molecule has 3 aliphatic heterocycles. The Hall–Kier alpha value is -1.28. The quantitative estimate of drug-likeness (QED) is 0.683. The lowest BCUT2D eigenvalue weighted by molar-refractivity contribution is 0.0256. The van der Waals surface area contributed by atoms with Gasteiger partial charge < -0.3 is 9.64 Å². The van der Waals surface area contributed by atoms with Gasteiger partial charge in [0.2, 0.25) is 0 Å². The third-order valence-corrected chi connectivity index (χ3v) is 4.65. The molecule has 2 heteroatoms. The minimum Gasteiger partial charge on any atom is -0.371 e. The molecule has 88 valence electrons. The average molecular weight is 227 g/mol. The van der Waals surface area contributed by atoms with Gasteiger partial charge >= 0.3 is 0 Å². The molecule has 1 aromatic carbocycles. The van der Waals surface area contributed by atoms with Crippen LogP contribution in [0.4, 0.5) is 5.69 Å². The van der Waals surface area contributed by atoms with Crippen LogP contribution >= 0.6 is 0 Å². The van der Waals surface area contributed by atoms with E-state index in [9.17, 15) is 0 Å². The topological polar surface area (TPSA) is 12.5 Å². The van der Waals surface area contributed by atoms with Crippen molar-refractivity contribution in [1.29, 1.82) is 0 Å². The van der Waals surface area contributed by atoms with E-state index < -0.39 is 0 Å². The summed E-state index contributed by atoms with van der Waals surface area (Å²) >= 11 is 0. The SMILES string of the molecule is CC12C=CC(O1)C1CN(c3ccccc3)CC12. The Labute approximate surface area is 102 Å². The van der Waals surface area contributed by atoms with Crippen molar-refractivity contribution in [3.8, 4) is 0 Å². The first-order chi connectivity index (χ1) is 8.26. The molecule has 3 aliphatic rings. The van der Waals surface area contributed by atoms with Crippen molar-refractivity contribution in [1.82, 2.24) is 0 Å². The van der Waals surface area contributed by atoms with Crippen LogP contribution in [0.15, 0.2) is 42.5 Å². The molecule has 2 bridgehead atoms. The van der Waals surface area contributed by atoms with Crippen LogP contribution in [0.25, 0.3) is 0 Å². The van der Waals surface area contributed by atoms with Crippen LogP contribution in [0.5, 0.6) is 0 Å². The van der Waals surface area contributed by atoms with Crippen molar-refractivity contribution in [2.24, 2.45) is 11.8 Å². The monoisotopic (exact) mass is 227 g/mol. The summed E-state index contributed by atoms with van der Waals surface area (Å²) < 4.78 is 6.07. The molecule has 4 atom stereocenters. The molecule has 0 saturated carbocycles. The van der Waals surface area contributed by atoms with Gasteiger partial charge in [0.25, 0.3) is 0 Å². The predicted molar refractivity (Wildman–Crippen MR) is 68.1 cm³/mol. The highest BCUT2D eigenvalue weighted by Gasteiger charge is 2.57. The summed E-state index contributed by atoms with van der Waals surface area (Å²) in [5.41, 5.74) is 1.35. The summed E-state index contributed by atoms with van der Waals surface area (Å²) in [6, 6.07) is 10.7. The number of nitrogens with zero attached hydrogens (tertiary/aromatic N) is 1. The van der Waals surface area contributed by atoms with E-state index in [0.29, 0.717) is 17.9 Å². The Kier molecular flexibility index (Phi) is 1.79. The van der Waals surface area contributed by atoms with Crippen molar-refractivity contribution in [2.75, 3.05) is 18.0 Å². The van der Waals surface area contributed by atoms with E-state index in [-0.39, 0.29) is 5.60 Å². The van der Waals surface area contributed by atoms with Crippen LogP contribution in [0, 0.1) is 11.8 Å². The highest BCUT2D eigenvalue weighted by molar-refractivity contribution is 5.48. The summed E-state index contributed by atoms with van der Waals surface area (Å²) in [6.45, 7) is 4.51. The minimum atomic E-state index is -0.00113. The molecule has 0 N–H and O–H groups in total. The third kappa shape index (κ3) is 1.25. The smallest absolute Gasteiger partial charge is 0.0892 e. The van der Waals surface area contributed by atoms with Gasteiger partial charge in [0.15, 0.2) is 0 Å². The second-order valence-electron chi connectivity index (χ2n) is 5.64. The van der Waals surface area contributed by atoms with E-state index in [2.05, 4.69) is 54.3 Å². The average Bonchev–Trinajstić information content (AvgIpc) is 2.99. The maximum Gasteiger partial charge on any atom is 0.0892 e. The molecular formula is C15H17NO. The Morgan fingerprint density at radius 1 is 1.24 bits per heavy atom. The summed E-state index contributed by atoms with van der Waals surface area (Å²) in [4.78, 5) is 2.51. The molecule has 0 radical (unpaired) electrons. The van der Waals surface area contributed by atoms with Crippen molar-refractivity contribution in [3.05, 3.63) is 42.5 Å². The first kappa shape index (κ1) is 9.72. The molecule has 3 heterocycles. The number of anilines is 1. The first-order valence-electron chi connectivity index (χ1n) is 6.43. The number of para-hydroxylation sites is 1. The van der Waals surface area contributed by atoms with Crippen molar-refractivity contribution < 1.29 is 4.74 Å². The maximum absolute atomic E-state index is 6.07. The van der Waals surface area contributed by atoms with Gasteiger partial charge in [0.1, 0.15) is 0 Å². The molecule has 17 heavy (non-hydrogen) atoms. The van der Waals surface area contributed by atoms with Gasteiger partial charge in [0.05, 0.1) is 11.7 Å². The zero-order valence-corrected chi connectivity index (χ0v) is 10.0. The van der Waals surface area contributed by atoms with E-state index in [1.807, 2.05) is 0 Å². The summed E-state index contributed by atoms with van der Waals surface area (Å²) in [5, 5.41) is 0. The fraction of sp³-hybridized carbons (Fsp3) is 0.467. The number of benzene rings is 1. The van der Waals surface area contributed by atoms with Crippen LogP contribution in [-0.2, 0) is 4.74 Å². The van der Waals surface area contributed by atoms with Gasteiger partial charge in [-0.05, 0) is 19.1 Å². The van der Waals surface area contributed by atoms with Crippen LogP contribution < -0.4 is 4.90 Å². The molecule has 2 nitrogen and oxygen atoms in total. The Balaban J connectivity index is 1.63. The van der Waals surface area contributed by atoms with Gasteiger partial charge in [-0.25, -0.2) is 0 Å². The standard InChI is InChI=1S/C15H17NO/c1-15-8-7-14(17-15)12-9-16(10-13(12)15)11-5-3-2-4-6-11/h2-8,12-14H,9-10H2,1H3. The third-order valence-electron chi connectivity index (χ3n) is 4.65. The number of ether oxygens (including phenoxy) is 1. The van der Waals surface area contributed by atoms with E-state index >= 15 is 0 Å². The normalized spacial score (nSPS) is 42.2. The fourth-order valence-corrected chi connectivity index (χ4v) is 3.72. The van der Waals surface area contributed by atoms with Crippen molar-refractivity contribution >= 4 is 5.69 Å². The Bertz CT molecular complexity index is 469. The lowest BCUT2D eigenvalue weighted by Gasteiger charge is -2.26. The molecule has 0 aliphatic carbocycles. The molecule has 0 aromatic heterocycles. The second kappa shape index (κ2) is 3.14. The Morgan fingerprint density at radius 3 is 2.82 bits per heavy atom. The predicted octanol–water partition coefficient (Wildman–Crippen LogP) is 2.47. The van der Waals surface area contributed by atoms with Crippen LogP contribution in [0.1, 0.15) is 6.92 Å². The van der Waals surface area contributed by atoms with Gasteiger partial charge in [-0.15, -0.1) is 0 Å². The van der Waals surface area contributed by atoms with Crippen LogP contribution in [-0.4, -0.2) is 24.8 Å². The molecule has 2 saturated heterocycles. The first-order valence-corrected chi connectivity index (χ1v) is 6.43. The molecule has 0 spiro atoms. The van der Waals surface area contributed by atoms with Crippen LogP contribution in [0.2, 0.25) is 0 Å². The van der Waals surface area contributed by atoms with Gasteiger partial charge in [-0.3, -0.25) is 0 Å². The number of rotatable bonds is 1. The largest absolute Gasteiger partial charge is 0.371 e. The lowest BCUT2D eigenvalue weighted by Crippen LogP contribution is -2.33. The maximum atomic E-state index is 6.07. The van der Waals surface area contributed by atoms with Crippen molar-refractivity contribution in [3.63, 3.8) is 0 Å². The zero-order chi connectivity index (χ0) is 11.5. The van der Waals surface area contributed by atoms with Crippen LogP contribution in [0.3, 0.4) is 0 Å². The van der Waals surface area contributed by atoms with E-state index in [1.54, 1.807) is 0 Å². The summed E-state index contributed by atoms with van der Waals surface area (Å²) in [7, 11) is 0. The fourth-order valence-electron chi connectivity index (χ4n) is 3.72. The molecule has 2 fully saturated rings. The number of hydrogen-bond donors (Lipinski definition) is 0. The number of hydrogen-bond acceptors (Lipinski definition) is 2.